The molecule has 0 aliphatic carbocycles. The molecule has 88 valence electrons. The summed E-state index contributed by atoms with van der Waals surface area (Å²) < 4.78 is 26.8. The van der Waals surface area contributed by atoms with Crippen LogP contribution in [0.1, 0.15) is 12.5 Å². The van der Waals surface area contributed by atoms with Crippen molar-refractivity contribution in [3.05, 3.63) is 53.6 Å². The summed E-state index contributed by atoms with van der Waals surface area (Å²) in [5, 5.41) is 9.04. The Morgan fingerprint density at radius 1 is 0.941 bits per heavy atom. The van der Waals surface area contributed by atoms with Crippen molar-refractivity contribution in [3.63, 3.8) is 0 Å². The van der Waals surface area contributed by atoms with Gasteiger partial charge in [-0.2, -0.15) is 4.39 Å². The van der Waals surface area contributed by atoms with Gasteiger partial charge in [0, 0.05) is 5.56 Å². The van der Waals surface area contributed by atoms with Crippen molar-refractivity contribution in [2.75, 3.05) is 0 Å². The molecule has 2 aromatic rings. The van der Waals surface area contributed by atoms with E-state index in [0.29, 0.717) is 5.56 Å². The van der Waals surface area contributed by atoms with Gasteiger partial charge in [-0.1, -0.05) is 31.2 Å². The van der Waals surface area contributed by atoms with E-state index in [1.165, 1.54) is 6.07 Å². The Hall–Kier alpha value is -1.90. The van der Waals surface area contributed by atoms with Crippen LogP contribution in [-0.4, -0.2) is 5.11 Å². The molecule has 0 saturated carbocycles. The monoisotopic (exact) mass is 234 g/mol. The van der Waals surface area contributed by atoms with Crippen LogP contribution < -0.4 is 0 Å². The Labute approximate surface area is 98.3 Å². The Morgan fingerprint density at radius 2 is 1.59 bits per heavy atom. The fourth-order valence-electron chi connectivity index (χ4n) is 1.68. The number of halogens is 2. The van der Waals surface area contributed by atoms with Crippen molar-refractivity contribution >= 4 is 0 Å². The average molecular weight is 234 g/mol. The molecule has 0 saturated heterocycles. The Balaban J connectivity index is 2.49. The number of hydrogen-bond donors (Lipinski definition) is 1. The minimum absolute atomic E-state index is 0.156. The van der Waals surface area contributed by atoms with E-state index in [-0.39, 0.29) is 5.56 Å². The van der Waals surface area contributed by atoms with Gasteiger partial charge in [0.25, 0.3) is 0 Å². The summed E-state index contributed by atoms with van der Waals surface area (Å²) in [5.41, 5.74) is 1.88. The summed E-state index contributed by atoms with van der Waals surface area (Å²) in [6.45, 7) is 2.02. The highest BCUT2D eigenvalue weighted by atomic mass is 19.2. The second-order valence-electron chi connectivity index (χ2n) is 3.81. The van der Waals surface area contributed by atoms with Crippen LogP contribution in [0.2, 0.25) is 0 Å². The quantitative estimate of drug-likeness (QED) is 0.835. The summed E-state index contributed by atoms with van der Waals surface area (Å²) >= 11 is 0. The second-order valence-corrected chi connectivity index (χ2v) is 3.81. The Kier molecular flexibility index (Phi) is 3.09. The topological polar surface area (TPSA) is 20.2 Å². The van der Waals surface area contributed by atoms with Gasteiger partial charge in [-0.15, -0.1) is 0 Å². The molecule has 0 radical (unpaired) electrons. The summed E-state index contributed by atoms with van der Waals surface area (Å²) in [6, 6.07) is 9.76. The molecule has 2 aromatic carbocycles. The van der Waals surface area contributed by atoms with Crippen molar-refractivity contribution in [1.82, 2.24) is 0 Å². The number of aromatic hydroxyl groups is 1. The summed E-state index contributed by atoms with van der Waals surface area (Å²) in [5.74, 6) is -2.90. The zero-order chi connectivity index (χ0) is 12.4. The largest absolute Gasteiger partial charge is 0.505 e. The van der Waals surface area contributed by atoms with Crippen molar-refractivity contribution in [2.45, 2.75) is 13.3 Å². The molecule has 1 nitrogen and oxygen atoms in total. The summed E-state index contributed by atoms with van der Waals surface area (Å²) in [4.78, 5) is 0. The van der Waals surface area contributed by atoms with Gasteiger partial charge >= 0.3 is 0 Å². The van der Waals surface area contributed by atoms with Crippen LogP contribution in [-0.2, 0) is 6.42 Å². The molecule has 0 heterocycles. The maximum atomic E-state index is 13.6. The second kappa shape index (κ2) is 4.53. The van der Waals surface area contributed by atoms with Gasteiger partial charge in [0.2, 0.25) is 5.82 Å². The standard InChI is InChI=1S/C14H12F2O/c1-2-9-3-5-10(6-4-9)11-7-8-12(17)14(16)13(11)15/h3-8,17H,2H2,1H3. The average Bonchev–Trinajstić information content (AvgIpc) is 2.36. The number of phenolic OH excluding ortho intramolecular Hbond substituents is 1. The molecule has 0 fully saturated rings. The first-order chi connectivity index (χ1) is 8.13. The van der Waals surface area contributed by atoms with Crippen LogP contribution in [0, 0.1) is 11.6 Å². The van der Waals surface area contributed by atoms with Gasteiger partial charge < -0.3 is 5.11 Å². The third kappa shape index (κ3) is 2.13. The highest BCUT2D eigenvalue weighted by Gasteiger charge is 2.13. The first-order valence-electron chi connectivity index (χ1n) is 5.39. The number of rotatable bonds is 2. The predicted molar refractivity (Wildman–Crippen MR) is 62.8 cm³/mol. The molecule has 0 unspecified atom stereocenters. The van der Waals surface area contributed by atoms with Crippen LogP contribution in [0.15, 0.2) is 36.4 Å². The van der Waals surface area contributed by atoms with E-state index >= 15 is 0 Å². The lowest BCUT2D eigenvalue weighted by Gasteiger charge is -2.06. The molecule has 0 atom stereocenters. The maximum absolute atomic E-state index is 13.6. The highest BCUT2D eigenvalue weighted by Crippen LogP contribution is 2.29. The van der Waals surface area contributed by atoms with E-state index < -0.39 is 17.4 Å². The van der Waals surface area contributed by atoms with Gasteiger partial charge in [-0.05, 0) is 29.7 Å². The predicted octanol–water partition coefficient (Wildman–Crippen LogP) is 3.90. The van der Waals surface area contributed by atoms with Gasteiger partial charge in [-0.25, -0.2) is 4.39 Å². The van der Waals surface area contributed by atoms with Gasteiger partial charge in [0.1, 0.15) is 0 Å². The van der Waals surface area contributed by atoms with Crippen LogP contribution in [0.4, 0.5) is 8.78 Å². The highest BCUT2D eigenvalue weighted by molar-refractivity contribution is 5.65. The summed E-state index contributed by atoms with van der Waals surface area (Å²) in [6.07, 6.45) is 0.896. The van der Waals surface area contributed by atoms with E-state index in [4.69, 9.17) is 5.11 Å². The fraction of sp³-hybridized carbons (Fsp3) is 0.143. The lowest BCUT2D eigenvalue weighted by Crippen LogP contribution is -1.90. The SMILES string of the molecule is CCc1ccc(-c2ccc(O)c(F)c2F)cc1. The van der Waals surface area contributed by atoms with Crippen LogP contribution in [0.5, 0.6) is 5.75 Å². The van der Waals surface area contributed by atoms with Crippen LogP contribution >= 0.6 is 0 Å². The molecule has 2 rings (SSSR count). The molecule has 0 aromatic heterocycles. The van der Waals surface area contributed by atoms with E-state index in [0.717, 1.165) is 18.1 Å². The minimum Gasteiger partial charge on any atom is -0.505 e. The number of hydrogen-bond acceptors (Lipinski definition) is 1. The molecule has 0 aliphatic heterocycles. The van der Waals surface area contributed by atoms with Crippen molar-refractivity contribution in [3.8, 4) is 16.9 Å². The Morgan fingerprint density at radius 3 is 2.18 bits per heavy atom. The molecule has 0 spiro atoms. The van der Waals surface area contributed by atoms with Crippen LogP contribution in [0.25, 0.3) is 11.1 Å². The van der Waals surface area contributed by atoms with Gasteiger partial charge in [-0.3, -0.25) is 0 Å². The van der Waals surface area contributed by atoms with Crippen LogP contribution in [0.3, 0.4) is 0 Å². The van der Waals surface area contributed by atoms with E-state index in [2.05, 4.69) is 0 Å². The number of phenols is 1. The molecular weight excluding hydrogens is 222 g/mol. The fourth-order valence-corrected chi connectivity index (χ4v) is 1.68. The normalized spacial score (nSPS) is 10.5. The minimum atomic E-state index is -1.21. The number of benzene rings is 2. The first-order valence-corrected chi connectivity index (χ1v) is 5.39. The molecular formula is C14H12F2O. The zero-order valence-corrected chi connectivity index (χ0v) is 9.37. The Bertz CT molecular complexity index is 533. The third-order valence-electron chi connectivity index (χ3n) is 2.74. The molecule has 1 N–H and O–H groups in total. The number of aryl methyl sites for hydroxylation is 1. The lowest BCUT2D eigenvalue weighted by atomic mass is 10.0. The smallest absolute Gasteiger partial charge is 0.200 e. The molecule has 3 heteroatoms. The van der Waals surface area contributed by atoms with Gasteiger partial charge in [0.05, 0.1) is 0 Å². The first kappa shape index (κ1) is 11.6. The molecule has 0 amide bonds. The molecule has 0 aliphatic rings. The zero-order valence-electron chi connectivity index (χ0n) is 9.37. The van der Waals surface area contributed by atoms with E-state index in [1.807, 2.05) is 19.1 Å². The van der Waals surface area contributed by atoms with E-state index in [9.17, 15) is 8.78 Å². The van der Waals surface area contributed by atoms with Crippen molar-refractivity contribution in [1.29, 1.82) is 0 Å². The third-order valence-corrected chi connectivity index (χ3v) is 2.74. The molecule has 17 heavy (non-hydrogen) atoms. The molecule has 0 bridgehead atoms. The van der Waals surface area contributed by atoms with Crippen molar-refractivity contribution in [2.24, 2.45) is 0 Å². The summed E-state index contributed by atoms with van der Waals surface area (Å²) in [7, 11) is 0. The van der Waals surface area contributed by atoms with Crippen molar-refractivity contribution < 1.29 is 13.9 Å². The lowest BCUT2D eigenvalue weighted by molar-refractivity contribution is 0.408. The van der Waals surface area contributed by atoms with E-state index in [1.54, 1.807) is 12.1 Å². The maximum Gasteiger partial charge on any atom is 0.200 e. The van der Waals surface area contributed by atoms with Gasteiger partial charge in [0.15, 0.2) is 11.6 Å².